The van der Waals surface area contributed by atoms with Crippen LogP contribution in [0.4, 0.5) is 30.8 Å². The molecule has 0 spiro atoms. The van der Waals surface area contributed by atoms with E-state index in [-0.39, 0.29) is 42.1 Å². The number of rotatable bonds is 4. The third-order valence-electron chi connectivity index (χ3n) is 8.65. The van der Waals surface area contributed by atoms with Gasteiger partial charge in [-0.2, -0.15) is 28.1 Å². The molecule has 0 radical (unpaired) electrons. The highest BCUT2D eigenvalue weighted by Gasteiger charge is 2.46. The molecule has 3 aromatic carbocycles. The van der Waals surface area contributed by atoms with Gasteiger partial charge in [0, 0.05) is 43.3 Å². The summed E-state index contributed by atoms with van der Waals surface area (Å²) in [7, 11) is 0. The van der Waals surface area contributed by atoms with E-state index in [4.69, 9.17) is 21.1 Å². The van der Waals surface area contributed by atoms with Gasteiger partial charge in [0.25, 0.3) is 5.91 Å². The third-order valence-corrected chi connectivity index (χ3v) is 8.95. The molecule has 6 bridgehead atoms. The van der Waals surface area contributed by atoms with Crippen LogP contribution in [0.15, 0.2) is 72.8 Å². The Balaban J connectivity index is 1.22. The van der Waals surface area contributed by atoms with Crippen molar-refractivity contribution in [3.63, 3.8) is 0 Å². The van der Waals surface area contributed by atoms with E-state index < -0.39 is 24.2 Å². The SMILES string of the molecule is CC1(C)CNC(=O)c2ccc(cc2)Nc2nc(nc(OCC(F)(F)F)n2)NCc2ccc(c(Cl)c2)OCCCN(C(=O)[C@@H]2C[C@H]2c2ccccc2)C1. The number of nitrogens with one attached hydrogen (secondary N) is 3. The van der Waals surface area contributed by atoms with Gasteiger partial charge in [-0.15, -0.1) is 0 Å². The van der Waals surface area contributed by atoms with Gasteiger partial charge in [-0.25, -0.2) is 0 Å². The third kappa shape index (κ3) is 10.0. The fourth-order valence-corrected chi connectivity index (χ4v) is 6.22. The maximum absolute atomic E-state index is 13.9. The van der Waals surface area contributed by atoms with Crippen LogP contribution in [-0.4, -0.2) is 70.7 Å². The average Bonchev–Trinajstić information content (AvgIpc) is 3.92. The van der Waals surface area contributed by atoms with Crippen molar-refractivity contribution in [3.05, 3.63) is 94.5 Å². The smallest absolute Gasteiger partial charge is 0.422 e. The molecule has 274 valence electrons. The number of alkyl halides is 3. The summed E-state index contributed by atoms with van der Waals surface area (Å²) in [6.07, 6.45) is -3.25. The lowest BCUT2D eigenvalue weighted by Gasteiger charge is -2.33. The average molecular weight is 738 g/mol. The van der Waals surface area contributed by atoms with E-state index in [1.165, 1.54) is 0 Å². The number of carbonyl (C=O) groups excluding carboxylic acids is 2. The molecule has 5 aliphatic rings. The second-order valence-corrected chi connectivity index (χ2v) is 14.1. The number of nitrogens with zero attached hydrogens (tertiary/aromatic N) is 4. The Morgan fingerprint density at radius 1 is 1.02 bits per heavy atom. The zero-order valence-corrected chi connectivity index (χ0v) is 29.4. The lowest BCUT2D eigenvalue weighted by molar-refractivity contribution is -0.154. The number of ether oxygens (including phenoxy) is 2. The first-order valence-electron chi connectivity index (χ1n) is 16.9. The minimum atomic E-state index is -4.60. The van der Waals surface area contributed by atoms with Crippen LogP contribution in [-0.2, 0) is 11.3 Å². The Bertz CT molecular complexity index is 1880. The first-order valence-corrected chi connectivity index (χ1v) is 17.3. The second-order valence-electron chi connectivity index (χ2n) is 13.7. The summed E-state index contributed by atoms with van der Waals surface area (Å²) in [5, 5.41) is 9.26. The molecule has 4 aromatic rings. The van der Waals surface area contributed by atoms with E-state index in [2.05, 4.69) is 43.0 Å². The molecule has 15 heteroatoms. The van der Waals surface area contributed by atoms with Crippen LogP contribution in [0.5, 0.6) is 11.8 Å². The molecule has 4 aliphatic heterocycles. The summed E-state index contributed by atoms with van der Waals surface area (Å²) in [5.74, 6) is 0.232. The summed E-state index contributed by atoms with van der Waals surface area (Å²) < 4.78 is 49.5. The van der Waals surface area contributed by atoms with Crippen LogP contribution in [0, 0.1) is 11.3 Å². The highest BCUT2D eigenvalue weighted by molar-refractivity contribution is 6.32. The summed E-state index contributed by atoms with van der Waals surface area (Å²) in [6, 6.07) is 21.2. The van der Waals surface area contributed by atoms with Gasteiger partial charge in [0.15, 0.2) is 6.61 Å². The van der Waals surface area contributed by atoms with Crippen LogP contribution in [0.3, 0.4) is 0 Å². The second kappa shape index (κ2) is 15.6. The van der Waals surface area contributed by atoms with Crippen LogP contribution in [0.2, 0.25) is 5.02 Å². The van der Waals surface area contributed by atoms with Crippen LogP contribution in [0.25, 0.3) is 0 Å². The van der Waals surface area contributed by atoms with Crippen molar-refractivity contribution in [3.8, 4) is 11.8 Å². The molecule has 1 saturated carbocycles. The Hall–Kier alpha value is -5.11. The monoisotopic (exact) mass is 737 g/mol. The predicted molar refractivity (Wildman–Crippen MR) is 190 cm³/mol. The van der Waals surface area contributed by atoms with Crippen molar-refractivity contribution in [1.82, 2.24) is 25.2 Å². The van der Waals surface area contributed by atoms with E-state index in [1.54, 1.807) is 42.5 Å². The van der Waals surface area contributed by atoms with Gasteiger partial charge < -0.3 is 30.3 Å². The van der Waals surface area contributed by atoms with Crippen molar-refractivity contribution in [2.45, 2.75) is 45.3 Å². The van der Waals surface area contributed by atoms with Crippen molar-refractivity contribution in [2.24, 2.45) is 11.3 Å². The molecule has 3 N–H and O–H groups in total. The van der Waals surface area contributed by atoms with E-state index in [0.29, 0.717) is 54.7 Å². The number of benzene rings is 3. The maximum Gasteiger partial charge on any atom is 0.422 e. The molecular weight excluding hydrogens is 699 g/mol. The van der Waals surface area contributed by atoms with Gasteiger partial charge in [0.05, 0.1) is 11.6 Å². The topological polar surface area (TPSA) is 131 Å². The fraction of sp³-hybridized carbons (Fsp3) is 0.378. The minimum absolute atomic E-state index is 0.0421. The van der Waals surface area contributed by atoms with Crippen molar-refractivity contribution in [1.29, 1.82) is 0 Å². The van der Waals surface area contributed by atoms with Crippen molar-refractivity contribution in [2.75, 3.05) is 43.5 Å². The molecule has 2 atom stereocenters. The zero-order valence-electron chi connectivity index (χ0n) is 28.7. The van der Waals surface area contributed by atoms with Crippen molar-refractivity contribution < 1.29 is 32.2 Å². The molecule has 1 aromatic heterocycles. The molecule has 5 heterocycles. The number of amides is 2. The van der Waals surface area contributed by atoms with E-state index >= 15 is 0 Å². The summed E-state index contributed by atoms with van der Waals surface area (Å²) >= 11 is 6.56. The number of carbonyl (C=O) groups is 2. The molecular formula is C37H39ClF3N7O4. The van der Waals surface area contributed by atoms with E-state index in [1.807, 2.05) is 36.9 Å². The predicted octanol–water partition coefficient (Wildman–Crippen LogP) is 6.99. The minimum Gasteiger partial charge on any atom is -0.492 e. The summed E-state index contributed by atoms with van der Waals surface area (Å²) in [4.78, 5) is 41.2. The quantitative estimate of drug-likeness (QED) is 0.203. The molecule has 9 rings (SSSR count). The first kappa shape index (κ1) is 36.7. The molecule has 0 unspecified atom stereocenters. The lowest BCUT2D eigenvalue weighted by Crippen LogP contribution is -2.45. The molecule has 52 heavy (non-hydrogen) atoms. The maximum atomic E-state index is 13.9. The Kier molecular flexibility index (Phi) is 11.0. The number of anilines is 3. The number of hydrogen-bond acceptors (Lipinski definition) is 9. The molecule has 1 fully saturated rings. The van der Waals surface area contributed by atoms with Gasteiger partial charge in [0.2, 0.25) is 17.8 Å². The number of halogens is 4. The van der Waals surface area contributed by atoms with Gasteiger partial charge in [0.1, 0.15) is 5.75 Å². The summed E-state index contributed by atoms with van der Waals surface area (Å²) in [6.45, 7) is 4.11. The Morgan fingerprint density at radius 2 is 1.77 bits per heavy atom. The van der Waals surface area contributed by atoms with Gasteiger partial charge in [-0.3, -0.25) is 9.59 Å². The van der Waals surface area contributed by atoms with Crippen molar-refractivity contribution >= 4 is 41.0 Å². The highest BCUT2D eigenvalue weighted by Crippen LogP contribution is 2.48. The Labute approximate surface area is 304 Å². The van der Waals surface area contributed by atoms with E-state index in [0.717, 1.165) is 17.5 Å². The van der Waals surface area contributed by atoms with Gasteiger partial charge in [-0.1, -0.05) is 61.8 Å². The molecule has 0 saturated heterocycles. The standard InChI is InChI=1S/C37H39ClF3N7O4/c1-36(2)20-43-31(49)25-10-12-26(13-11-25)44-34-45-33(46-35(47-34)52-22-37(39,40)41)42-19-23-9-14-30(29(38)17-23)51-16-6-15-48(21-36)32(50)28-18-27(28)24-7-4-3-5-8-24/h3-5,7-14,17,27-28H,6,15-16,18-22H2,1-2H3,(H,43,49)(H2,42,44,45,46,47)/t27-,28+/m0/s1. The fourth-order valence-electron chi connectivity index (χ4n) is 5.96. The number of hydrogen-bond donors (Lipinski definition) is 3. The first-order chi connectivity index (χ1) is 24.8. The molecule has 1 aliphatic carbocycles. The van der Waals surface area contributed by atoms with Crippen LogP contribution >= 0.6 is 11.6 Å². The lowest BCUT2D eigenvalue weighted by atomic mass is 9.92. The highest BCUT2D eigenvalue weighted by atomic mass is 35.5. The molecule has 11 nitrogen and oxygen atoms in total. The number of aromatic nitrogens is 3. The van der Waals surface area contributed by atoms with Crippen LogP contribution in [0.1, 0.15) is 54.1 Å². The van der Waals surface area contributed by atoms with Crippen LogP contribution < -0.4 is 25.4 Å². The van der Waals surface area contributed by atoms with Gasteiger partial charge >= 0.3 is 12.2 Å². The zero-order chi connectivity index (χ0) is 36.9. The van der Waals surface area contributed by atoms with E-state index in [9.17, 15) is 22.8 Å². The Morgan fingerprint density at radius 3 is 2.50 bits per heavy atom. The summed E-state index contributed by atoms with van der Waals surface area (Å²) in [5.41, 5.74) is 2.28. The largest absolute Gasteiger partial charge is 0.492 e. The normalized spacial score (nSPS) is 19.3. The molecule has 2 amide bonds. The van der Waals surface area contributed by atoms with Gasteiger partial charge in [-0.05, 0) is 71.7 Å².